The predicted octanol–water partition coefficient (Wildman–Crippen LogP) is 4.01. The lowest BCUT2D eigenvalue weighted by Gasteiger charge is -1.96. The molecule has 0 radical (unpaired) electrons. The van der Waals surface area contributed by atoms with E-state index in [1.807, 2.05) is 0 Å². The lowest BCUT2D eigenvalue weighted by atomic mass is 10.5. The van der Waals surface area contributed by atoms with E-state index in [0.717, 1.165) is 6.92 Å². The summed E-state index contributed by atoms with van der Waals surface area (Å²) in [6, 6.07) is 0. The molecule has 0 rings (SSSR count). The molecule has 0 unspecified atom stereocenters. The molecule has 0 aliphatic carbocycles. The standard InChI is InChI=1S/C3H5F3.C3H8.CH4/c1-2-3(4,5)6;1-3-2;/h2H2,1H3;3H2,1-2H3;1H4. The van der Waals surface area contributed by atoms with Crippen molar-refractivity contribution in [2.75, 3.05) is 0 Å². The highest BCUT2D eigenvalue weighted by molar-refractivity contribution is 4.39. The molecule has 0 amide bonds. The molecule has 0 aromatic heterocycles. The summed E-state index contributed by atoms with van der Waals surface area (Å²) in [7, 11) is 0. The number of hydrogen-bond donors (Lipinski definition) is 0. The Morgan fingerprint density at radius 3 is 1.10 bits per heavy atom. The zero-order valence-electron chi connectivity index (χ0n) is 6.05. The minimum absolute atomic E-state index is 0. The Morgan fingerprint density at radius 2 is 1.10 bits per heavy atom. The first-order chi connectivity index (χ1) is 3.97. The van der Waals surface area contributed by atoms with Crippen molar-refractivity contribution in [3.8, 4) is 0 Å². The van der Waals surface area contributed by atoms with Crippen LogP contribution in [-0.2, 0) is 0 Å². The molecule has 0 heterocycles. The second-order valence-corrected chi connectivity index (χ2v) is 1.68. The third kappa shape index (κ3) is 46.1. The van der Waals surface area contributed by atoms with Gasteiger partial charge in [0.15, 0.2) is 0 Å². The van der Waals surface area contributed by atoms with Gasteiger partial charge in [0.1, 0.15) is 0 Å². The van der Waals surface area contributed by atoms with Crippen LogP contribution in [-0.4, -0.2) is 6.18 Å². The molecule has 0 bridgehead atoms. The Bertz CT molecular complexity index is 47.3. The van der Waals surface area contributed by atoms with Crippen LogP contribution in [0.1, 0.15) is 41.0 Å². The smallest absolute Gasteiger partial charge is 0.171 e. The lowest BCUT2D eigenvalue weighted by molar-refractivity contribution is -0.130. The van der Waals surface area contributed by atoms with Gasteiger partial charge in [0.25, 0.3) is 0 Å². The van der Waals surface area contributed by atoms with Crippen LogP contribution in [0.5, 0.6) is 0 Å². The monoisotopic (exact) mass is 158 g/mol. The first kappa shape index (κ1) is 16.4. The minimum atomic E-state index is -3.96. The number of alkyl halides is 3. The van der Waals surface area contributed by atoms with Gasteiger partial charge in [-0.2, -0.15) is 13.2 Å². The van der Waals surface area contributed by atoms with Crippen molar-refractivity contribution >= 4 is 0 Å². The van der Waals surface area contributed by atoms with Crippen molar-refractivity contribution in [1.29, 1.82) is 0 Å². The van der Waals surface area contributed by atoms with Crippen LogP contribution in [0.3, 0.4) is 0 Å². The van der Waals surface area contributed by atoms with Crippen molar-refractivity contribution in [3.05, 3.63) is 0 Å². The summed E-state index contributed by atoms with van der Waals surface area (Å²) >= 11 is 0. The Hall–Kier alpha value is -0.210. The molecule has 0 atom stereocenters. The molecule has 0 fully saturated rings. The fourth-order valence-corrected chi connectivity index (χ4v) is 0. The minimum Gasteiger partial charge on any atom is -0.171 e. The molecule has 10 heavy (non-hydrogen) atoms. The maximum Gasteiger partial charge on any atom is 0.388 e. The van der Waals surface area contributed by atoms with Crippen molar-refractivity contribution in [3.63, 3.8) is 0 Å². The zero-order valence-corrected chi connectivity index (χ0v) is 6.05. The number of rotatable bonds is 0. The van der Waals surface area contributed by atoms with Crippen molar-refractivity contribution in [2.24, 2.45) is 0 Å². The molecule has 3 heteroatoms. The third-order valence-corrected chi connectivity index (χ3v) is 0.401. The largest absolute Gasteiger partial charge is 0.388 e. The summed E-state index contributed by atoms with van der Waals surface area (Å²) in [5, 5.41) is 0. The molecule has 0 saturated carbocycles. The van der Waals surface area contributed by atoms with Gasteiger partial charge in [0, 0.05) is 6.42 Å². The van der Waals surface area contributed by atoms with Crippen LogP contribution in [0, 0.1) is 0 Å². The normalized spacial score (nSPS) is 9.00. The summed E-state index contributed by atoms with van der Waals surface area (Å²) in [5.41, 5.74) is 0. The van der Waals surface area contributed by atoms with Crippen LogP contribution < -0.4 is 0 Å². The Labute approximate surface area is 61.4 Å². The molecular formula is C7H17F3. The quantitative estimate of drug-likeness (QED) is 0.499. The van der Waals surface area contributed by atoms with Crippen LogP contribution in [0.2, 0.25) is 0 Å². The zero-order chi connectivity index (χ0) is 7.91. The maximum atomic E-state index is 10.8. The fraction of sp³-hybridized carbons (Fsp3) is 1.00. The second kappa shape index (κ2) is 8.79. The van der Waals surface area contributed by atoms with E-state index in [1.165, 1.54) is 6.42 Å². The highest BCUT2D eigenvalue weighted by Crippen LogP contribution is 2.17. The lowest BCUT2D eigenvalue weighted by Crippen LogP contribution is -2.02. The van der Waals surface area contributed by atoms with Crippen molar-refractivity contribution < 1.29 is 13.2 Å². The molecule has 0 spiro atoms. The van der Waals surface area contributed by atoms with Gasteiger partial charge in [0.2, 0.25) is 0 Å². The van der Waals surface area contributed by atoms with Crippen molar-refractivity contribution in [1.82, 2.24) is 0 Å². The van der Waals surface area contributed by atoms with Gasteiger partial charge in [-0.1, -0.05) is 34.6 Å². The predicted molar refractivity (Wildman–Crippen MR) is 39.0 cm³/mol. The van der Waals surface area contributed by atoms with Gasteiger partial charge < -0.3 is 0 Å². The molecular weight excluding hydrogens is 141 g/mol. The molecule has 0 nitrogen and oxygen atoms in total. The Balaban J connectivity index is -0.000000107. The first-order valence-corrected chi connectivity index (χ1v) is 3.04. The fourth-order valence-electron chi connectivity index (χ4n) is 0. The summed E-state index contributed by atoms with van der Waals surface area (Å²) in [6.45, 7) is 5.33. The van der Waals surface area contributed by atoms with Gasteiger partial charge in [-0.15, -0.1) is 0 Å². The van der Waals surface area contributed by atoms with E-state index in [0.29, 0.717) is 0 Å². The second-order valence-electron chi connectivity index (χ2n) is 1.68. The molecule has 0 saturated heterocycles. The molecule has 0 aromatic carbocycles. The third-order valence-electron chi connectivity index (χ3n) is 0.401. The Morgan fingerprint density at radius 1 is 1.00 bits per heavy atom. The maximum absolute atomic E-state index is 10.8. The number of halogens is 3. The topological polar surface area (TPSA) is 0 Å². The van der Waals surface area contributed by atoms with E-state index in [1.54, 1.807) is 0 Å². The van der Waals surface area contributed by atoms with Crippen LogP contribution >= 0.6 is 0 Å². The molecule has 0 aliphatic rings. The summed E-state index contributed by atoms with van der Waals surface area (Å²) < 4.78 is 32.4. The molecule has 0 aromatic rings. The van der Waals surface area contributed by atoms with Gasteiger partial charge in [-0.3, -0.25) is 0 Å². The number of hydrogen-bond acceptors (Lipinski definition) is 0. The van der Waals surface area contributed by atoms with E-state index in [-0.39, 0.29) is 7.43 Å². The highest BCUT2D eigenvalue weighted by Gasteiger charge is 2.22. The summed E-state index contributed by atoms with van der Waals surface area (Å²) in [6.07, 6.45) is -3.44. The van der Waals surface area contributed by atoms with Crippen LogP contribution in [0.25, 0.3) is 0 Å². The van der Waals surface area contributed by atoms with Gasteiger partial charge >= 0.3 is 6.18 Å². The van der Waals surface area contributed by atoms with Crippen molar-refractivity contribution in [2.45, 2.75) is 47.2 Å². The molecule has 0 aliphatic heterocycles. The summed E-state index contributed by atoms with van der Waals surface area (Å²) in [5.74, 6) is 0. The average molecular weight is 158 g/mol. The SMILES string of the molecule is C.CCC.CCC(F)(F)F. The Kier molecular flexibility index (Phi) is 14.4. The van der Waals surface area contributed by atoms with Gasteiger partial charge in [-0.05, 0) is 0 Å². The van der Waals surface area contributed by atoms with Crippen LogP contribution in [0.15, 0.2) is 0 Å². The average Bonchev–Trinajstić information content (AvgIpc) is 1.67. The first-order valence-electron chi connectivity index (χ1n) is 3.04. The van der Waals surface area contributed by atoms with Crippen LogP contribution in [0.4, 0.5) is 13.2 Å². The molecule has 66 valence electrons. The van der Waals surface area contributed by atoms with Gasteiger partial charge in [0.05, 0.1) is 0 Å². The van der Waals surface area contributed by atoms with E-state index >= 15 is 0 Å². The van der Waals surface area contributed by atoms with Gasteiger partial charge in [-0.25, -0.2) is 0 Å². The van der Waals surface area contributed by atoms with E-state index in [4.69, 9.17) is 0 Å². The summed E-state index contributed by atoms with van der Waals surface area (Å²) in [4.78, 5) is 0. The van der Waals surface area contributed by atoms with E-state index < -0.39 is 12.6 Å². The molecule has 0 N–H and O–H groups in total. The van der Waals surface area contributed by atoms with E-state index in [9.17, 15) is 13.2 Å². The highest BCUT2D eigenvalue weighted by atomic mass is 19.4. The van der Waals surface area contributed by atoms with E-state index in [2.05, 4.69) is 13.8 Å².